The van der Waals surface area contributed by atoms with Crippen molar-refractivity contribution in [1.82, 2.24) is 10.2 Å². The summed E-state index contributed by atoms with van der Waals surface area (Å²) in [5.74, 6) is -0.158. The Balaban J connectivity index is 3.98. The van der Waals surface area contributed by atoms with E-state index in [0.29, 0.717) is 25.9 Å². The third-order valence-electron chi connectivity index (χ3n) is 1.94. The van der Waals surface area contributed by atoms with Gasteiger partial charge in [0.15, 0.2) is 0 Å². The summed E-state index contributed by atoms with van der Waals surface area (Å²) >= 11 is 0. The molecule has 0 aromatic carbocycles. The van der Waals surface area contributed by atoms with Crippen LogP contribution in [0.1, 0.15) is 19.8 Å². The molecule has 0 aliphatic rings. The van der Waals surface area contributed by atoms with Gasteiger partial charge < -0.3 is 16.0 Å². The molecule has 0 heterocycles. The van der Waals surface area contributed by atoms with Crippen LogP contribution in [0.5, 0.6) is 0 Å². The maximum atomic E-state index is 11.5. The lowest BCUT2D eigenvalue weighted by Gasteiger charge is -2.19. The van der Waals surface area contributed by atoms with Gasteiger partial charge in [-0.2, -0.15) is 0 Å². The highest BCUT2D eigenvalue weighted by molar-refractivity contribution is 5.84. The zero-order valence-corrected chi connectivity index (χ0v) is 8.88. The summed E-state index contributed by atoms with van der Waals surface area (Å²) in [6.45, 7) is 3.04. The highest BCUT2D eigenvalue weighted by atomic mass is 16.2. The van der Waals surface area contributed by atoms with Crippen molar-refractivity contribution in [1.29, 1.82) is 0 Å². The number of carbonyl (C=O) groups is 2. The third-order valence-corrected chi connectivity index (χ3v) is 1.94. The molecule has 0 saturated carbocycles. The number of nitrogens with two attached hydrogens (primary N) is 1. The Kier molecular flexibility index (Phi) is 6.74. The smallest absolute Gasteiger partial charge is 0.239 e. The molecule has 5 nitrogen and oxygen atoms in total. The summed E-state index contributed by atoms with van der Waals surface area (Å²) in [7, 11) is 1.56. The van der Waals surface area contributed by atoms with E-state index in [2.05, 4.69) is 5.32 Å². The molecule has 14 heavy (non-hydrogen) atoms. The van der Waals surface area contributed by atoms with E-state index < -0.39 is 0 Å². The predicted octanol–water partition coefficient (Wildman–Crippen LogP) is -0.680. The summed E-state index contributed by atoms with van der Waals surface area (Å²) in [5, 5.41) is 2.48. The quantitative estimate of drug-likeness (QED) is 0.598. The molecule has 0 spiro atoms. The van der Waals surface area contributed by atoms with Crippen molar-refractivity contribution < 1.29 is 9.59 Å². The molecule has 0 aromatic rings. The van der Waals surface area contributed by atoms with Crippen LogP contribution in [0, 0.1) is 0 Å². The Hall–Kier alpha value is -1.10. The second kappa shape index (κ2) is 7.32. The molecule has 5 heteroatoms. The second-order valence-electron chi connectivity index (χ2n) is 2.97. The third kappa shape index (κ3) is 4.81. The minimum atomic E-state index is -0.145. The average Bonchev–Trinajstić information content (AvgIpc) is 2.21. The van der Waals surface area contributed by atoms with Gasteiger partial charge in [0.1, 0.15) is 0 Å². The van der Waals surface area contributed by atoms with E-state index in [-0.39, 0.29) is 18.4 Å². The highest BCUT2D eigenvalue weighted by Gasteiger charge is 2.13. The van der Waals surface area contributed by atoms with E-state index in [0.717, 1.165) is 0 Å². The number of hydrogen-bond acceptors (Lipinski definition) is 3. The second-order valence-corrected chi connectivity index (χ2v) is 2.97. The Bertz CT molecular complexity index is 194. The van der Waals surface area contributed by atoms with Gasteiger partial charge in [0, 0.05) is 20.0 Å². The molecule has 0 atom stereocenters. The lowest BCUT2D eigenvalue weighted by molar-refractivity contribution is -0.135. The SMILES string of the molecule is CCN(CC(=O)NC)C(=O)CCCN. The minimum absolute atomic E-state index is 0.0125. The van der Waals surface area contributed by atoms with Gasteiger partial charge in [-0.15, -0.1) is 0 Å². The van der Waals surface area contributed by atoms with Crippen molar-refractivity contribution in [3.05, 3.63) is 0 Å². The van der Waals surface area contributed by atoms with E-state index in [1.165, 1.54) is 4.90 Å². The van der Waals surface area contributed by atoms with Gasteiger partial charge in [-0.25, -0.2) is 0 Å². The van der Waals surface area contributed by atoms with Gasteiger partial charge in [-0.05, 0) is 19.9 Å². The number of nitrogens with zero attached hydrogens (tertiary/aromatic N) is 1. The lowest BCUT2D eigenvalue weighted by atomic mass is 10.2. The van der Waals surface area contributed by atoms with Gasteiger partial charge in [0.25, 0.3) is 0 Å². The summed E-state index contributed by atoms with van der Waals surface area (Å²) < 4.78 is 0. The van der Waals surface area contributed by atoms with Crippen LogP contribution in [-0.2, 0) is 9.59 Å². The van der Waals surface area contributed by atoms with Crippen LogP contribution in [0.3, 0.4) is 0 Å². The normalized spacial score (nSPS) is 9.64. The molecule has 0 radical (unpaired) electrons. The Morgan fingerprint density at radius 3 is 2.50 bits per heavy atom. The Morgan fingerprint density at radius 1 is 1.43 bits per heavy atom. The van der Waals surface area contributed by atoms with Crippen LogP contribution in [0.2, 0.25) is 0 Å². The molecular formula is C9H19N3O2. The summed E-state index contributed by atoms with van der Waals surface area (Å²) in [6.07, 6.45) is 1.09. The first-order valence-corrected chi connectivity index (χ1v) is 4.84. The number of hydrogen-bond donors (Lipinski definition) is 2. The first-order chi connectivity index (χ1) is 6.65. The standard InChI is InChI=1S/C9H19N3O2/c1-3-12(7-8(13)11-2)9(14)5-4-6-10/h3-7,10H2,1-2H3,(H,11,13). The minimum Gasteiger partial charge on any atom is -0.358 e. The van der Waals surface area contributed by atoms with E-state index in [1.807, 2.05) is 6.92 Å². The van der Waals surface area contributed by atoms with Crippen LogP contribution in [-0.4, -0.2) is 43.4 Å². The van der Waals surface area contributed by atoms with Crippen LogP contribution in [0.4, 0.5) is 0 Å². The number of carbonyl (C=O) groups excluding carboxylic acids is 2. The molecular weight excluding hydrogens is 182 g/mol. The van der Waals surface area contributed by atoms with Crippen molar-refractivity contribution >= 4 is 11.8 Å². The van der Waals surface area contributed by atoms with Crippen LogP contribution in [0.25, 0.3) is 0 Å². The number of nitrogens with one attached hydrogen (secondary N) is 1. The number of amides is 2. The average molecular weight is 201 g/mol. The molecule has 0 saturated heterocycles. The summed E-state index contributed by atoms with van der Waals surface area (Å²) in [5.41, 5.74) is 5.30. The van der Waals surface area contributed by atoms with Crippen molar-refractivity contribution in [3.8, 4) is 0 Å². The van der Waals surface area contributed by atoms with Gasteiger partial charge >= 0.3 is 0 Å². The van der Waals surface area contributed by atoms with Crippen molar-refractivity contribution in [2.24, 2.45) is 5.73 Å². The molecule has 0 bridgehead atoms. The predicted molar refractivity (Wildman–Crippen MR) is 54.6 cm³/mol. The van der Waals surface area contributed by atoms with Gasteiger partial charge in [0.2, 0.25) is 11.8 Å². The van der Waals surface area contributed by atoms with E-state index in [4.69, 9.17) is 5.73 Å². The van der Waals surface area contributed by atoms with Crippen molar-refractivity contribution in [3.63, 3.8) is 0 Å². The highest BCUT2D eigenvalue weighted by Crippen LogP contribution is 1.96. The number of rotatable bonds is 6. The molecule has 82 valence electrons. The molecule has 0 aliphatic carbocycles. The van der Waals surface area contributed by atoms with E-state index in [1.54, 1.807) is 7.05 Å². The summed E-state index contributed by atoms with van der Waals surface area (Å²) in [6, 6.07) is 0. The Labute approximate surface area is 84.6 Å². The maximum absolute atomic E-state index is 11.5. The molecule has 0 aromatic heterocycles. The molecule has 3 N–H and O–H groups in total. The number of likely N-dealkylation sites (N-methyl/N-ethyl adjacent to an activating group) is 2. The van der Waals surface area contributed by atoms with Gasteiger partial charge in [0.05, 0.1) is 6.54 Å². The molecule has 0 rings (SSSR count). The van der Waals surface area contributed by atoms with Crippen LogP contribution < -0.4 is 11.1 Å². The first kappa shape index (κ1) is 12.9. The van der Waals surface area contributed by atoms with Crippen molar-refractivity contribution in [2.75, 3.05) is 26.7 Å². The molecule has 2 amide bonds. The lowest BCUT2D eigenvalue weighted by Crippen LogP contribution is -2.39. The first-order valence-electron chi connectivity index (χ1n) is 4.84. The fourth-order valence-corrected chi connectivity index (χ4v) is 1.04. The fourth-order valence-electron chi connectivity index (χ4n) is 1.04. The summed E-state index contributed by atoms with van der Waals surface area (Å²) in [4.78, 5) is 24.0. The molecule has 0 fully saturated rings. The Morgan fingerprint density at radius 2 is 2.07 bits per heavy atom. The molecule has 0 aliphatic heterocycles. The maximum Gasteiger partial charge on any atom is 0.239 e. The van der Waals surface area contributed by atoms with Crippen LogP contribution in [0.15, 0.2) is 0 Å². The topological polar surface area (TPSA) is 75.4 Å². The van der Waals surface area contributed by atoms with Gasteiger partial charge in [-0.1, -0.05) is 0 Å². The fraction of sp³-hybridized carbons (Fsp3) is 0.778. The van der Waals surface area contributed by atoms with Crippen molar-refractivity contribution in [2.45, 2.75) is 19.8 Å². The van der Waals surface area contributed by atoms with E-state index >= 15 is 0 Å². The van der Waals surface area contributed by atoms with Gasteiger partial charge in [-0.3, -0.25) is 9.59 Å². The molecule has 0 unspecified atom stereocenters. The monoisotopic (exact) mass is 201 g/mol. The van der Waals surface area contributed by atoms with Crippen LogP contribution >= 0.6 is 0 Å². The largest absolute Gasteiger partial charge is 0.358 e. The zero-order chi connectivity index (χ0) is 11.0. The van der Waals surface area contributed by atoms with E-state index in [9.17, 15) is 9.59 Å². The zero-order valence-electron chi connectivity index (χ0n) is 8.88.